The minimum absolute atomic E-state index is 0.277. The van der Waals surface area contributed by atoms with Crippen molar-refractivity contribution in [3.05, 3.63) is 136 Å². The summed E-state index contributed by atoms with van der Waals surface area (Å²) in [7, 11) is 9.56. The van der Waals surface area contributed by atoms with Crippen molar-refractivity contribution >= 4 is 37.1 Å². The highest BCUT2D eigenvalue weighted by Crippen LogP contribution is 2.55. The van der Waals surface area contributed by atoms with Gasteiger partial charge >= 0.3 is 0 Å². The van der Waals surface area contributed by atoms with E-state index in [9.17, 15) is 0 Å². The average molecular weight is 819 g/mol. The fraction of sp³-hybridized carbons (Fsp3) is 0.306. The summed E-state index contributed by atoms with van der Waals surface area (Å²) in [5.41, 5.74) is 9.87. The zero-order chi connectivity index (χ0) is 41.8. The third-order valence-corrected chi connectivity index (χ3v) is 15.2. The molecule has 6 rings (SSSR count). The molecule has 0 N–H and O–H groups in total. The van der Waals surface area contributed by atoms with Crippen LogP contribution in [0.2, 0.25) is 0 Å². The van der Waals surface area contributed by atoms with Gasteiger partial charge in [0.2, 0.25) is 0 Å². The quantitative estimate of drug-likeness (QED) is 0.0824. The lowest BCUT2D eigenvalue weighted by Crippen LogP contribution is -2.22. The van der Waals surface area contributed by atoms with E-state index in [1.807, 2.05) is 50.3 Å². The molecule has 3 atom stereocenters. The largest absolute Gasteiger partial charge is 0.501 e. The van der Waals surface area contributed by atoms with E-state index in [1.165, 1.54) is 16.2 Å². The Bertz CT molecular complexity index is 2240. The van der Waals surface area contributed by atoms with Gasteiger partial charge in [-0.1, -0.05) is 63.8 Å². The predicted octanol–water partition coefficient (Wildman–Crippen LogP) is 10.7. The first kappa shape index (κ1) is 44.0. The highest BCUT2D eigenvalue weighted by molar-refractivity contribution is 7.78. The number of hydrogen-bond acceptors (Lipinski definition) is 7. The number of rotatable bonds is 16. The van der Waals surface area contributed by atoms with Crippen LogP contribution in [0.15, 0.2) is 131 Å². The summed E-state index contributed by atoms with van der Waals surface area (Å²) < 4.78 is 41.3. The standard InChI is InChI=1S/C47H50O7P2.C2H6/c1-10-31(2)32-27-42(53-8)46(44(28-32)55(38-19-11-33(48-3)12-20-38)39-21-13-34(49-4)14-22-39)47-43(54-9)29-37(52-7)30-45(47)56(40-23-15-35(50-5)16-24-40)41-25-17-36(51-6)18-26-41;1-2/h11-13,15-17,19-21,23-25,27-31H,10,18,26H2,1-9H3;1-2H3. The molecule has 0 saturated carbocycles. The maximum atomic E-state index is 6.49. The first-order valence-corrected chi connectivity index (χ1v) is 22.3. The Morgan fingerprint density at radius 1 is 0.569 bits per heavy atom. The van der Waals surface area contributed by atoms with Crippen LogP contribution >= 0.6 is 15.8 Å². The van der Waals surface area contributed by atoms with Gasteiger partial charge in [-0.2, -0.15) is 0 Å². The van der Waals surface area contributed by atoms with E-state index in [4.69, 9.17) is 33.2 Å². The molecule has 58 heavy (non-hydrogen) atoms. The van der Waals surface area contributed by atoms with Gasteiger partial charge in [0.05, 0.1) is 55.5 Å². The van der Waals surface area contributed by atoms with Crippen molar-refractivity contribution < 1.29 is 33.2 Å². The van der Waals surface area contributed by atoms with Crippen LogP contribution in [0.4, 0.5) is 0 Å². The lowest BCUT2D eigenvalue weighted by atomic mass is 9.94. The van der Waals surface area contributed by atoms with Crippen LogP contribution in [0.25, 0.3) is 11.1 Å². The van der Waals surface area contributed by atoms with E-state index in [0.717, 1.165) is 74.6 Å². The minimum atomic E-state index is -1.25. The molecule has 0 amide bonds. The van der Waals surface area contributed by atoms with Crippen molar-refractivity contribution in [2.75, 3.05) is 49.8 Å². The molecular formula is C49H56O7P2. The van der Waals surface area contributed by atoms with Crippen molar-refractivity contribution in [1.29, 1.82) is 0 Å². The fourth-order valence-electron chi connectivity index (χ4n) is 6.92. The number of allylic oxidation sites excluding steroid dienone is 7. The topological polar surface area (TPSA) is 64.6 Å². The van der Waals surface area contributed by atoms with Crippen molar-refractivity contribution in [2.45, 2.75) is 52.9 Å². The van der Waals surface area contributed by atoms with E-state index in [2.05, 4.69) is 86.0 Å². The molecule has 9 heteroatoms. The Labute approximate surface area is 347 Å². The molecule has 304 valence electrons. The molecule has 0 spiro atoms. The molecule has 2 aliphatic carbocycles. The normalized spacial score (nSPS) is 14.6. The molecule has 7 nitrogen and oxygen atoms in total. The van der Waals surface area contributed by atoms with E-state index in [0.29, 0.717) is 17.3 Å². The second-order valence-corrected chi connectivity index (χ2v) is 17.6. The lowest BCUT2D eigenvalue weighted by Gasteiger charge is -2.31. The summed E-state index contributed by atoms with van der Waals surface area (Å²) in [6.45, 7) is 8.48. The Balaban J connectivity index is 0.00000315. The van der Waals surface area contributed by atoms with Gasteiger partial charge in [0.25, 0.3) is 0 Å². The molecule has 2 aliphatic rings. The molecule has 0 heterocycles. The van der Waals surface area contributed by atoms with E-state index in [1.54, 1.807) is 49.8 Å². The van der Waals surface area contributed by atoms with Crippen LogP contribution in [0.1, 0.15) is 58.4 Å². The van der Waals surface area contributed by atoms with Gasteiger partial charge < -0.3 is 33.2 Å². The second-order valence-electron chi connectivity index (χ2n) is 13.2. The summed E-state index contributed by atoms with van der Waals surface area (Å²) in [4.78, 5) is 0. The molecule has 0 fully saturated rings. The summed E-state index contributed by atoms with van der Waals surface area (Å²) >= 11 is 0. The van der Waals surface area contributed by atoms with Gasteiger partial charge in [0, 0.05) is 34.2 Å². The lowest BCUT2D eigenvalue weighted by molar-refractivity contribution is 0.276. The van der Waals surface area contributed by atoms with Gasteiger partial charge in [-0.3, -0.25) is 0 Å². The van der Waals surface area contributed by atoms with Crippen LogP contribution in [0.3, 0.4) is 0 Å². The zero-order valence-corrected chi connectivity index (χ0v) is 37.5. The summed E-state index contributed by atoms with van der Waals surface area (Å²) in [6, 6.07) is 25.5. The Morgan fingerprint density at radius 2 is 1.14 bits per heavy atom. The summed E-state index contributed by atoms with van der Waals surface area (Å²) in [5, 5.41) is 6.80. The van der Waals surface area contributed by atoms with E-state index < -0.39 is 15.8 Å². The van der Waals surface area contributed by atoms with Gasteiger partial charge in [-0.05, 0) is 128 Å². The first-order valence-electron chi connectivity index (χ1n) is 19.6. The van der Waals surface area contributed by atoms with Crippen molar-refractivity contribution in [3.63, 3.8) is 0 Å². The minimum Gasteiger partial charge on any atom is -0.501 e. The van der Waals surface area contributed by atoms with Gasteiger partial charge in [-0.15, -0.1) is 0 Å². The predicted molar refractivity (Wildman–Crippen MR) is 243 cm³/mol. The first-order chi connectivity index (χ1) is 28.3. The molecule has 0 saturated heterocycles. The van der Waals surface area contributed by atoms with Crippen LogP contribution in [-0.4, -0.2) is 49.8 Å². The van der Waals surface area contributed by atoms with Gasteiger partial charge in [0.15, 0.2) is 5.76 Å². The smallest absolute Gasteiger partial charge is 0.169 e. The number of benzene rings is 4. The number of hydrogen-bond donors (Lipinski definition) is 0. The van der Waals surface area contributed by atoms with Crippen molar-refractivity contribution in [3.8, 4) is 39.9 Å². The summed E-state index contributed by atoms with van der Waals surface area (Å²) in [6.07, 6.45) is 11.0. The van der Waals surface area contributed by atoms with Crippen LogP contribution in [0.5, 0.6) is 28.7 Å². The average Bonchev–Trinajstić information content (AvgIpc) is 3.30. The third-order valence-electron chi connectivity index (χ3n) is 10.2. The van der Waals surface area contributed by atoms with Crippen LogP contribution < -0.4 is 44.9 Å². The van der Waals surface area contributed by atoms with Gasteiger partial charge in [-0.25, -0.2) is 0 Å². The third kappa shape index (κ3) is 9.58. The van der Waals surface area contributed by atoms with E-state index in [-0.39, 0.29) is 5.92 Å². The Morgan fingerprint density at radius 3 is 1.60 bits per heavy atom. The summed E-state index contributed by atoms with van der Waals surface area (Å²) in [5.74, 6) is 5.62. The van der Waals surface area contributed by atoms with Crippen molar-refractivity contribution in [1.82, 2.24) is 0 Å². The maximum Gasteiger partial charge on any atom is 0.169 e. The van der Waals surface area contributed by atoms with Crippen LogP contribution in [-0.2, 0) is 9.47 Å². The monoisotopic (exact) mass is 818 g/mol. The highest BCUT2D eigenvalue weighted by Gasteiger charge is 2.33. The molecule has 3 unspecified atom stereocenters. The Kier molecular flexibility index (Phi) is 15.9. The SMILES string of the molecule is CC.CCC(C)c1cc(OC)c(-c2c(OC)cc(OC)cc2P(C2=CC=C(OC)CC2)c2ccc(OC)cc2)c(P(C2=C=C=C(OC)C=C2)c2ccc(OC)cc2)c1. The molecule has 4 aromatic carbocycles. The van der Waals surface area contributed by atoms with Crippen LogP contribution in [0, 0.1) is 0 Å². The second kappa shape index (κ2) is 21.0. The molecular weight excluding hydrogens is 762 g/mol. The van der Waals surface area contributed by atoms with E-state index >= 15 is 0 Å². The molecule has 0 aromatic heterocycles. The molecule has 0 bridgehead atoms. The highest BCUT2D eigenvalue weighted by atomic mass is 31.1. The molecule has 4 aromatic rings. The fourth-order valence-corrected chi connectivity index (χ4v) is 11.9. The molecule has 0 aliphatic heterocycles. The number of ether oxygens (including phenoxy) is 7. The van der Waals surface area contributed by atoms with Gasteiger partial charge in [0.1, 0.15) is 28.7 Å². The zero-order valence-electron chi connectivity index (χ0n) is 35.7. The van der Waals surface area contributed by atoms with Crippen molar-refractivity contribution in [2.24, 2.45) is 0 Å². The molecule has 0 radical (unpaired) electrons. The Hall–Kier alpha value is -5.14. The maximum absolute atomic E-state index is 6.49. The number of methoxy groups -OCH3 is 7.